The number of hydrogen-bond acceptors (Lipinski definition) is 5. The van der Waals surface area contributed by atoms with Gasteiger partial charge in [-0.15, -0.1) is 0 Å². The second-order valence-electron chi connectivity index (χ2n) is 5.02. The number of nitrogens with two attached hydrogens (primary N) is 1. The van der Waals surface area contributed by atoms with Crippen LogP contribution in [-0.2, 0) is 16.1 Å². The van der Waals surface area contributed by atoms with Crippen LogP contribution >= 0.6 is 0 Å². The van der Waals surface area contributed by atoms with Crippen LogP contribution in [-0.4, -0.2) is 25.2 Å². The molecule has 112 valence electrons. The number of carbonyl (C=O) groups excluding carboxylic acids is 1. The van der Waals surface area contributed by atoms with Crippen LogP contribution in [0.4, 0.5) is 0 Å². The highest BCUT2D eigenvalue weighted by atomic mass is 16.5. The number of hydrazine groups is 1. The van der Waals surface area contributed by atoms with E-state index in [1.54, 1.807) is 0 Å². The zero-order chi connectivity index (χ0) is 14.7. The summed E-state index contributed by atoms with van der Waals surface area (Å²) < 4.78 is 16.8. The topological polar surface area (TPSA) is 86.7 Å². The Labute approximate surface area is 122 Å². The third-order valence-corrected chi connectivity index (χ3v) is 3.59. The van der Waals surface area contributed by atoms with E-state index >= 15 is 0 Å². The van der Waals surface area contributed by atoms with Crippen molar-refractivity contribution in [2.24, 2.45) is 5.84 Å². The molecule has 0 aliphatic carbocycles. The van der Waals surface area contributed by atoms with Gasteiger partial charge in [-0.25, -0.2) is 5.84 Å². The van der Waals surface area contributed by atoms with E-state index < -0.39 is 0 Å². The van der Waals surface area contributed by atoms with Gasteiger partial charge in [-0.2, -0.15) is 0 Å². The molecule has 1 aliphatic rings. The molecule has 1 saturated heterocycles. The number of benzene rings is 1. The van der Waals surface area contributed by atoms with Crippen molar-refractivity contribution in [2.75, 3.05) is 13.2 Å². The average molecular weight is 290 g/mol. The molecule has 1 atom stereocenters. The van der Waals surface area contributed by atoms with Crippen LogP contribution in [0.2, 0.25) is 0 Å². The van der Waals surface area contributed by atoms with Gasteiger partial charge in [0.1, 0.15) is 18.0 Å². The van der Waals surface area contributed by atoms with Gasteiger partial charge < -0.3 is 13.9 Å². The minimum atomic E-state index is -0.379. The summed E-state index contributed by atoms with van der Waals surface area (Å²) >= 11 is 0. The lowest BCUT2D eigenvalue weighted by Crippen LogP contribution is -2.30. The van der Waals surface area contributed by atoms with E-state index in [0.717, 1.165) is 24.8 Å². The molecule has 1 aromatic carbocycles. The summed E-state index contributed by atoms with van der Waals surface area (Å²) in [5.74, 6) is 5.35. The first-order valence-electron chi connectivity index (χ1n) is 7.00. The van der Waals surface area contributed by atoms with Gasteiger partial charge in [0.15, 0.2) is 0 Å². The summed E-state index contributed by atoms with van der Waals surface area (Å²) in [4.78, 5) is 12.0. The monoisotopic (exact) mass is 290 g/mol. The highest BCUT2D eigenvalue weighted by Gasteiger charge is 2.21. The van der Waals surface area contributed by atoms with Gasteiger partial charge in [0, 0.05) is 12.0 Å². The lowest BCUT2D eigenvalue weighted by atomic mass is 10.1. The minimum absolute atomic E-state index is 0.140. The van der Waals surface area contributed by atoms with E-state index in [9.17, 15) is 4.79 Å². The molecule has 21 heavy (non-hydrogen) atoms. The highest BCUT2D eigenvalue weighted by Crippen LogP contribution is 2.26. The standard InChI is InChI=1S/C15H18N2O4/c16-17-15(18)14-11-5-1-2-6-12(11)21-13(14)9-19-8-10-4-3-7-20-10/h1-2,5-6,10H,3-4,7-9,16H2,(H,17,18). The molecule has 1 aromatic heterocycles. The van der Waals surface area contributed by atoms with Gasteiger partial charge in [0.05, 0.1) is 18.3 Å². The molecule has 3 N–H and O–H groups in total. The van der Waals surface area contributed by atoms with Gasteiger partial charge in [0.25, 0.3) is 5.91 Å². The number of fused-ring (bicyclic) bond motifs is 1. The number of para-hydroxylation sites is 1. The predicted molar refractivity (Wildman–Crippen MR) is 76.5 cm³/mol. The quantitative estimate of drug-likeness (QED) is 0.497. The molecule has 2 aromatic rings. The Morgan fingerprint density at radius 2 is 2.29 bits per heavy atom. The SMILES string of the molecule is NNC(=O)c1c(COCC2CCCO2)oc2ccccc12. The number of nitrogen functional groups attached to an aromatic ring is 1. The van der Waals surface area contributed by atoms with Gasteiger partial charge >= 0.3 is 0 Å². The van der Waals surface area contributed by atoms with E-state index in [1.165, 1.54) is 0 Å². The number of hydrogen-bond donors (Lipinski definition) is 2. The molecule has 2 heterocycles. The van der Waals surface area contributed by atoms with Crippen molar-refractivity contribution in [3.05, 3.63) is 35.6 Å². The third-order valence-electron chi connectivity index (χ3n) is 3.59. The zero-order valence-electron chi connectivity index (χ0n) is 11.6. The van der Waals surface area contributed by atoms with E-state index in [2.05, 4.69) is 5.43 Å². The fourth-order valence-corrected chi connectivity index (χ4v) is 2.58. The lowest BCUT2D eigenvalue weighted by Gasteiger charge is -2.09. The first kappa shape index (κ1) is 14.1. The van der Waals surface area contributed by atoms with Crippen LogP contribution in [0.3, 0.4) is 0 Å². The number of rotatable bonds is 5. The summed E-state index contributed by atoms with van der Waals surface area (Å²) in [6.07, 6.45) is 2.22. The molecular weight excluding hydrogens is 272 g/mol. The molecule has 1 amide bonds. The Hall–Kier alpha value is -1.89. The van der Waals surface area contributed by atoms with Crippen molar-refractivity contribution >= 4 is 16.9 Å². The van der Waals surface area contributed by atoms with Crippen molar-refractivity contribution < 1.29 is 18.7 Å². The molecule has 0 saturated carbocycles. The lowest BCUT2D eigenvalue weighted by molar-refractivity contribution is 0.00593. The van der Waals surface area contributed by atoms with Crippen molar-refractivity contribution in [1.82, 2.24) is 5.43 Å². The summed E-state index contributed by atoms with van der Waals surface area (Å²) in [5, 5.41) is 0.733. The van der Waals surface area contributed by atoms with Crippen LogP contribution in [0.1, 0.15) is 29.0 Å². The van der Waals surface area contributed by atoms with Crippen molar-refractivity contribution in [3.8, 4) is 0 Å². The molecule has 0 spiro atoms. The minimum Gasteiger partial charge on any atom is -0.458 e. The largest absolute Gasteiger partial charge is 0.458 e. The maximum atomic E-state index is 12.0. The normalized spacial score (nSPS) is 18.2. The Morgan fingerprint density at radius 1 is 1.43 bits per heavy atom. The summed E-state index contributed by atoms with van der Waals surface area (Å²) in [6, 6.07) is 7.34. The van der Waals surface area contributed by atoms with Crippen molar-refractivity contribution in [2.45, 2.75) is 25.6 Å². The predicted octanol–water partition coefficient (Wildman–Crippen LogP) is 1.73. The molecular formula is C15H18N2O4. The smallest absolute Gasteiger partial charge is 0.269 e. The van der Waals surface area contributed by atoms with Crippen LogP contribution in [0.5, 0.6) is 0 Å². The summed E-state index contributed by atoms with van der Waals surface area (Å²) in [7, 11) is 0. The Kier molecular flexibility index (Phi) is 4.19. The zero-order valence-corrected chi connectivity index (χ0v) is 11.6. The Balaban J connectivity index is 1.78. The van der Waals surface area contributed by atoms with Gasteiger partial charge in [0.2, 0.25) is 0 Å². The molecule has 1 aliphatic heterocycles. The van der Waals surface area contributed by atoms with E-state index in [4.69, 9.17) is 19.7 Å². The van der Waals surface area contributed by atoms with E-state index in [1.807, 2.05) is 24.3 Å². The third kappa shape index (κ3) is 2.92. The number of ether oxygens (including phenoxy) is 2. The van der Waals surface area contributed by atoms with Crippen LogP contribution in [0.25, 0.3) is 11.0 Å². The summed E-state index contributed by atoms with van der Waals surface area (Å²) in [6.45, 7) is 1.51. The van der Waals surface area contributed by atoms with Crippen LogP contribution in [0.15, 0.2) is 28.7 Å². The number of furan rings is 1. The molecule has 3 rings (SSSR count). The van der Waals surface area contributed by atoms with Gasteiger partial charge in [-0.3, -0.25) is 10.2 Å². The average Bonchev–Trinajstić information content (AvgIpc) is 3.13. The Morgan fingerprint density at radius 3 is 3.05 bits per heavy atom. The van der Waals surface area contributed by atoms with Gasteiger partial charge in [-0.1, -0.05) is 18.2 Å². The number of amides is 1. The van der Waals surface area contributed by atoms with E-state index in [-0.39, 0.29) is 18.6 Å². The molecule has 0 bridgehead atoms. The van der Waals surface area contributed by atoms with Crippen molar-refractivity contribution in [3.63, 3.8) is 0 Å². The first-order valence-corrected chi connectivity index (χ1v) is 7.00. The molecule has 6 heteroatoms. The van der Waals surface area contributed by atoms with Crippen molar-refractivity contribution in [1.29, 1.82) is 0 Å². The van der Waals surface area contributed by atoms with Crippen LogP contribution in [0, 0.1) is 0 Å². The molecule has 1 fully saturated rings. The second-order valence-corrected chi connectivity index (χ2v) is 5.02. The van der Waals surface area contributed by atoms with Crippen LogP contribution < -0.4 is 11.3 Å². The molecule has 1 unspecified atom stereocenters. The highest BCUT2D eigenvalue weighted by molar-refractivity contribution is 6.06. The number of carbonyl (C=O) groups is 1. The fourth-order valence-electron chi connectivity index (χ4n) is 2.58. The summed E-state index contributed by atoms with van der Waals surface area (Å²) in [5.41, 5.74) is 3.23. The fraction of sp³-hybridized carbons (Fsp3) is 0.400. The maximum Gasteiger partial charge on any atom is 0.269 e. The second kappa shape index (κ2) is 6.26. The van der Waals surface area contributed by atoms with Gasteiger partial charge in [-0.05, 0) is 18.9 Å². The first-order chi connectivity index (χ1) is 10.3. The molecule has 0 radical (unpaired) electrons. The Bertz CT molecular complexity index is 632. The van der Waals surface area contributed by atoms with E-state index in [0.29, 0.717) is 23.5 Å². The number of nitrogens with one attached hydrogen (secondary N) is 1. The maximum absolute atomic E-state index is 12.0. The molecule has 6 nitrogen and oxygen atoms in total.